The molecule has 0 aliphatic carbocycles. The van der Waals surface area contributed by atoms with Crippen molar-refractivity contribution in [3.63, 3.8) is 0 Å². The minimum absolute atomic E-state index is 0.140. The van der Waals surface area contributed by atoms with Crippen LogP contribution in [-0.4, -0.2) is 33.1 Å². The number of para-hydroxylation sites is 1. The maximum Gasteiger partial charge on any atom is 0.294 e. The first-order chi connectivity index (χ1) is 15.2. The monoisotopic (exact) mass is 459 g/mol. The fourth-order valence-corrected chi connectivity index (χ4v) is 4.28. The number of halogens is 3. The summed E-state index contributed by atoms with van der Waals surface area (Å²) >= 11 is 0.685. The van der Waals surface area contributed by atoms with E-state index in [1.807, 2.05) is 48.1 Å². The van der Waals surface area contributed by atoms with Crippen LogP contribution in [0.1, 0.15) is 11.3 Å². The molecule has 10 heteroatoms. The normalized spacial score (nSPS) is 15.3. The molecule has 1 aliphatic heterocycles. The second-order valence-electron chi connectivity index (χ2n) is 7.11. The number of carbonyl (C=O) groups is 3. The number of nitrogens with zero attached hydrogens (tertiary/aromatic N) is 2. The quantitative estimate of drug-likeness (QED) is 0.458. The summed E-state index contributed by atoms with van der Waals surface area (Å²) in [5, 5.41) is 2.29. The molecule has 1 aromatic heterocycles. The van der Waals surface area contributed by atoms with Crippen LogP contribution in [0, 0.1) is 24.4 Å². The summed E-state index contributed by atoms with van der Waals surface area (Å²) in [5.74, 6) is -6.31. The fraction of sp³-hybridized carbons (Fsp3) is 0.136. The van der Waals surface area contributed by atoms with Crippen molar-refractivity contribution in [2.24, 2.45) is 7.05 Å². The highest BCUT2D eigenvalue weighted by Gasteiger charge is 2.36. The van der Waals surface area contributed by atoms with Crippen LogP contribution in [0.3, 0.4) is 0 Å². The topological polar surface area (TPSA) is 71.4 Å². The molecule has 2 aromatic carbocycles. The average molecular weight is 459 g/mol. The number of imide groups is 1. The van der Waals surface area contributed by atoms with E-state index in [4.69, 9.17) is 0 Å². The molecule has 0 atom stereocenters. The zero-order valence-electron chi connectivity index (χ0n) is 16.9. The van der Waals surface area contributed by atoms with Gasteiger partial charge in [-0.2, -0.15) is 0 Å². The minimum Gasteiger partial charge on any atom is -0.347 e. The Morgan fingerprint density at radius 2 is 1.81 bits per heavy atom. The number of carbonyl (C=O) groups excluding carboxylic acids is 3. The maximum atomic E-state index is 13.8. The number of hydrogen-bond acceptors (Lipinski definition) is 4. The molecule has 0 radical (unpaired) electrons. The van der Waals surface area contributed by atoms with Gasteiger partial charge < -0.3 is 9.88 Å². The third-order valence-corrected chi connectivity index (χ3v) is 6.12. The van der Waals surface area contributed by atoms with Crippen LogP contribution in [-0.2, 0) is 16.6 Å². The molecule has 3 amide bonds. The lowest BCUT2D eigenvalue weighted by molar-refractivity contribution is -0.127. The molecule has 32 heavy (non-hydrogen) atoms. The Labute approximate surface area is 184 Å². The molecular weight excluding hydrogens is 443 g/mol. The highest BCUT2D eigenvalue weighted by Crippen LogP contribution is 2.35. The van der Waals surface area contributed by atoms with Gasteiger partial charge in [0.2, 0.25) is 5.91 Å². The lowest BCUT2D eigenvalue weighted by Crippen LogP contribution is -2.36. The van der Waals surface area contributed by atoms with Gasteiger partial charge in [-0.05, 0) is 43.0 Å². The van der Waals surface area contributed by atoms with Crippen LogP contribution in [0.5, 0.6) is 0 Å². The number of amides is 3. The highest BCUT2D eigenvalue weighted by atomic mass is 32.2. The molecule has 1 N–H and O–H groups in total. The van der Waals surface area contributed by atoms with E-state index < -0.39 is 46.7 Å². The molecule has 1 aliphatic rings. The number of anilines is 1. The third kappa shape index (κ3) is 3.66. The van der Waals surface area contributed by atoms with Gasteiger partial charge in [0, 0.05) is 29.2 Å². The van der Waals surface area contributed by atoms with E-state index in [9.17, 15) is 27.6 Å². The summed E-state index contributed by atoms with van der Waals surface area (Å²) in [4.78, 5) is 38.2. The highest BCUT2D eigenvalue weighted by molar-refractivity contribution is 8.18. The van der Waals surface area contributed by atoms with Crippen molar-refractivity contribution in [3.8, 4) is 0 Å². The smallest absolute Gasteiger partial charge is 0.294 e. The van der Waals surface area contributed by atoms with Gasteiger partial charge in [-0.1, -0.05) is 18.2 Å². The summed E-state index contributed by atoms with van der Waals surface area (Å²) in [6.07, 6.45) is 1.61. The van der Waals surface area contributed by atoms with Gasteiger partial charge in [0.05, 0.1) is 10.6 Å². The molecule has 0 saturated carbocycles. The molecule has 2 heterocycles. The van der Waals surface area contributed by atoms with E-state index in [0.717, 1.165) is 28.2 Å². The summed E-state index contributed by atoms with van der Waals surface area (Å²) < 4.78 is 42.1. The van der Waals surface area contributed by atoms with Crippen LogP contribution in [0.25, 0.3) is 17.0 Å². The SMILES string of the molecule is Cc1c(/C=C2\SC(=O)N(CC(=O)Nc3ccc(F)c(F)c3F)C2=O)c2ccccc2n1C. The van der Waals surface area contributed by atoms with Crippen LogP contribution in [0.15, 0.2) is 41.3 Å². The molecule has 1 saturated heterocycles. The number of nitrogens with one attached hydrogen (secondary N) is 1. The first-order valence-corrected chi connectivity index (χ1v) is 10.2. The molecule has 0 bridgehead atoms. The number of aromatic nitrogens is 1. The van der Waals surface area contributed by atoms with Crippen LogP contribution in [0.2, 0.25) is 0 Å². The number of hydrogen-bond donors (Lipinski definition) is 1. The Morgan fingerprint density at radius 1 is 1.09 bits per heavy atom. The molecule has 4 rings (SSSR count). The predicted molar refractivity (Wildman–Crippen MR) is 115 cm³/mol. The molecule has 0 unspecified atom stereocenters. The van der Waals surface area contributed by atoms with Crippen molar-refractivity contribution in [2.45, 2.75) is 6.92 Å². The Kier molecular flexibility index (Phi) is 5.55. The number of fused-ring (bicyclic) bond motifs is 1. The molecule has 0 spiro atoms. The zero-order valence-corrected chi connectivity index (χ0v) is 17.7. The van der Waals surface area contributed by atoms with E-state index in [2.05, 4.69) is 0 Å². The number of benzene rings is 2. The number of aryl methyl sites for hydroxylation is 1. The van der Waals surface area contributed by atoms with E-state index in [0.29, 0.717) is 22.7 Å². The van der Waals surface area contributed by atoms with Crippen LogP contribution in [0.4, 0.5) is 23.7 Å². The maximum absolute atomic E-state index is 13.8. The van der Waals surface area contributed by atoms with Crippen molar-refractivity contribution < 1.29 is 27.6 Å². The standard InChI is InChI=1S/C22H16F3N3O3S/c1-11-13(12-5-3-4-6-16(12)27(11)2)9-17-21(30)28(22(31)32-17)10-18(29)26-15-8-7-14(23)19(24)20(15)25/h3-9H,10H2,1-2H3,(H,26,29)/b17-9-. The van der Waals surface area contributed by atoms with Gasteiger partial charge >= 0.3 is 0 Å². The largest absolute Gasteiger partial charge is 0.347 e. The third-order valence-electron chi connectivity index (χ3n) is 5.21. The van der Waals surface area contributed by atoms with Gasteiger partial charge in [0.1, 0.15) is 6.54 Å². The Hall–Kier alpha value is -3.53. The van der Waals surface area contributed by atoms with E-state index in [-0.39, 0.29) is 4.91 Å². The molecule has 1 fully saturated rings. The van der Waals surface area contributed by atoms with E-state index in [1.165, 1.54) is 0 Å². The molecule has 6 nitrogen and oxygen atoms in total. The first-order valence-electron chi connectivity index (χ1n) is 9.41. The second kappa shape index (κ2) is 8.19. The minimum atomic E-state index is -1.73. The second-order valence-corrected chi connectivity index (χ2v) is 8.11. The summed E-state index contributed by atoms with van der Waals surface area (Å²) in [6.45, 7) is 1.19. The Bertz CT molecular complexity index is 1330. The molecule has 164 valence electrons. The first kappa shape index (κ1) is 21.7. The van der Waals surface area contributed by atoms with Crippen LogP contribution < -0.4 is 5.32 Å². The number of rotatable bonds is 4. The molecule has 3 aromatic rings. The van der Waals surface area contributed by atoms with Crippen molar-refractivity contribution in [1.82, 2.24) is 9.47 Å². The fourth-order valence-electron chi connectivity index (χ4n) is 3.46. The Morgan fingerprint density at radius 3 is 2.56 bits per heavy atom. The van der Waals surface area contributed by atoms with Gasteiger partial charge in [0.15, 0.2) is 17.5 Å². The molecular formula is C22H16F3N3O3S. The lowest BCUT2D eigenvalue weighted by Gasteiger charge is -2.13. The van der Waals surface area contributed by atoms with Gasteiger partial charge in [-0.25, -0.2) is 13.2 Å². The average Bonchev–Trinajstić information content (AvgIpc) is 3.17. The lowest BCUT2D eigenvalue weighted by atomic mass is 10.1. The van der Waals surface area contributed by atoms with Crippen molar-refractivity contribution in [2.75, 3.05) is 11.9 Å². The summed E-state index contributed by atoms with van der Waals surface area (Å²) in [7, 11) is 1.89. The zero-order chi connectivity index (χ0) is 23.2. The number of thioether (sulfide) groups is 1. The van der Waals surface area contributed by atoms with Gasteiger partial charge in [0.25, 0.3) is 11.1 Å². The Balaban J connectivity index is 1.56. The summed E-state index contributed by atoms with van der Waals surface area (Å²) in [5.41, 5.74) is 2.04. The van der Waals surface area contributed by atoms with E-state index >= 15 is 0 Å². The van der Waals surface area contributed by atoms with Gasteiger partial charge in [-0.3, -0.25) is 19.3 Å². The van der Waals surface area contributed by atoms with Gasteiger partial charge in [-0.15, -0.1) is 0 Å². The van der Waals surface area contributed by atoms with E-state index in [1.54, 1.807) is 6.08 Å². The van der Waals surface area contributed by atoms with Crippen molar-refractivity contribution in [1.29, 1.82) is 0 Å². The van der Waals surface area contributed by atoms with Crippen LogP contribution >= 0.6 is 11.8 Å². The predicted octanol–water partition coefficient (Wildman–Crippen LogP) is 4.58. The van der Waals surface area contributed by atoms with Crippen molar-refractivity contribution in [3.05, 3.63) is 70.0 Å². The van der Waals surface area contributed by atoms with Crippen molar-refractivity contribution >= 4 is 51.5 Å². The summed E-state index contributed by atoms with van der Waals surface area (Å²) in [6, 6.07) is 9.11.